The highest BCUT2D eigenvalue weighted by atomic mass is 32.1. The Morgan fingerprint density at radius 3 is 2.68 bits per heavy atom. The van der Waals surface area contributed by atoms with E-state index in [1.54, 1.807) is 25.2 Å². The van der Waals surface area contributed by atoms with Gasteiger partial charge in [0.05, 0.1) is 21.9 Å². The molecule has 0 spiro atoms. The van der Waals surface area contributed by atoms with Crippen LogP contribution in [-0.2, 0) is 7.05 Å². The maximum absolute atomic E-state index is 12.8. The number of carbonyl (C=O) groups excluding carboxylic acids is 1. The van der Waals surface area contributed by atoms with E-state index < -0.39 is 0 Å². The molecule has 0 saturated carbocycles. The number of para-hydroxylation sites is 2. The van der Waals surface area contributed by atoms with Crippen LogP contribution in [0, 0.1) is 4.77 Å². The van der Waals surface area contributed by atoms with E-state index in [2.05, 4.69) is 20.3 Å². The SMILES string of the molecule is Cn1c(=S)[nH]c2cc(C(=O)Nc3cccc(-c4nc5ccccc5[nH]4)c3)ccc2c1=O. The van der Waals surface area contributed by atoms with Gasteiger partial charge < -0.3 is 15.3 Å². The summed E-state index contributed by atoms with van der Waals surface area (Å²) in [6, 6.07) is 20.1. The normalized spacial score (nSPS) is 11.1. The van der Waals surface area contributed by atoms with Gasteiger partial charge >= 0.3 is 0 Å². The van der Waals surface area contributed by atoms with E-state index in [9.17, 15) is 9.59 Å². The number of hydrogen-bond acceptors (Lipinski definition) is 4. The molecule has 8 heteroatoms. The Hall–Kier alpha value is -4.04. The maximum atomic E-state index is 12.8. The number of aromatic nitrogens is 4. The van der Waals surface area contributed by atoms with E-state index in [4.69, 9.17) is 12.2 Å². The summed E-state index contributed by atoms with van der Waals surface area (Å²) in [6.07, 6.45) is 0. The fourth-order valence-electron chi connectivity index (χ4n) is 3.48. The largest absolute Gasteiger partial charge is 0.338 e. The summed E-state index contributed by atoms with van der Waals surface area (Å²) in [5.74, 6) is 0.440. The van der Waals surface area contributed by atoms with Crippen LogP contribution in [0.25, 0.3) is 33.3 Å². The molecule has 1 amide bonds. The van der Waals surface area contributed by atoms with Crippen molar-refractivity contribution < 1.29 is 4.79 Å². The topological polar surface area (TPSA) is 95.6 Å². The predicted molar refractivity (Wildman–Crippen MR) is 124 cm³/mol. The van der Waals surface area contributed by atoms with Gasteiger partial charge in [0, 0.05) is 23.9 Å². The van der Waals surface area contributed by atoms with Gasteiger partial charge in [0.15, 0.2) is 4.77 Å². The van der Waals surface area contributed by atoms with Crippen molar-refractivity contribution in [3.05, 3.63) is 87.4 Å². The van der Waals surface area contributed by atoms with Crippen LogP contribution in [0.3, 0.4) is 0 Å². The Labute approximate surface area is 181 Å². The molecule has 5 rings (SSSR count). The van der Waals surface area contributed by atoms with Gasteiger partial charge in [-0.3, -0.25) is 14.2 Å². The third-order valence-corrected chi connectivity index (χ3v) is 5.52. The first-order valence-corrected chi connectivity index (χ1v) is 10.00. The molecule has 3 aromatic carbocycles. The van der Waals surface area contributed by atoms with Crippen molar-refractivity contribution in [2.45, 2.75) is 0 Å². The van der Waals surface area contributed by atoms with Crippen LogP contribution in [0.15, 0.2) is 71.5 Å². The highest BCUT2D eigenvalue weighted by molar-refractivity contribution is 7.71. The minimum atomic E-state index is -0.288. The van der Waals surface area contributed by atoms with E-state index in [0.29, 0.717) is 26.9 Å². The van der Waals surface area contributed by atoms with Gasteiger partial charge in [-0.1, -0.05) is 24.3 Å². The predicted octanol–water partition coefficient (Wildman–Crippen LogP) is 4.39. The monoisotopic (exact) mass is 427 g/mol. The summed E-state index contributed by atoms with van der Waals surface area (Å²) >= 11 is 5.16. The van der Waals surface area contributed by atoms with Crippen LogP contribution in [-0.4, -0.2) is 25.4 Å². The highest BCUT2D eigenvalue weighted by Crippen LogP contribution is 2.23. The molecule has 3 N–H and O–H groups in total. The summed E-state index contributed by atoms with van der Waals surface area (Å²) in [5.41, 5.74) is 4.07. The van der Waals surface area contributed by atoms with Crippen molar-refractivity contribution in [2.75, 3.05) is 5.32 Å². The number of benzene rings is 3. The van der Waals surface area contributed by atoms with Crippen molar-refractivity contribution in [3.8, 4) is 11.4 Å². The Morgan fingerprint density at radius 2 is 1.84 bits per heavy atom. The molecule has 0 fully saturated rings. The lowest BCUT2D eigenvalue weighted by Crippen LogP contribution is -2.19. The van der Waals surface area contributed by atoms with Crippen molar-refractivity contribution in [2.24, 2.45) is 7.05 Å². The molecular formula is C23H17N5O2S. The molecule has 0 bridgehead atoms. The number of imidazole rings is 1. The van der Waals surface area contributed by atoms with Crippen molar-refractivity contribution in [1.82, 2.24) is 19.5 Å². The minimum Gasteiger partial charge on any atom is -0.338 e. The van der Waals surface area contributed by atoms with Gasteiger partial charge in [-0.05, 0) is 54.7 Å². The molecule has 0 aliphatic rings. The molecule has 2 aromatic heterocycles. The zero-order chi connectivity index (χ0) is 21.5. The van der Waals surface area contributed by atoms with Gasteiger partial charge in [0.2, 0.25) is 0 Å². The highest BCUT2D eigenvalue weighted by Gasteiger charge is 2.11. The quantitative estimate of drug-likeness (QED) is 0.372. The second kappa shape index (κ2) is 7.33. The Morgan fingerprint density at radius 1 is 1.00 bits per heavy atom. The molecule has 0 aliphatic carbocycles. The lowest BCUT2D eigenvalue weighted by atomic mass is 10.1. The van der Waals surface area contributed by atoms with Crippen molar-refractivity contribution in [1.29, 1.82) is 0 Å². The summed E-state index contributed by atoms with van der Waals surface area (Å²) in [7, 11) is 1.61. The number of carbonyl (C=O) groups is 1. The Bertz CT molecular complexity index is 1560. The van der Waals surface area contributed by atoms with Crippen LogP contribution >= 0.6 is 12.2 Å². The number of anilines is 1. The van der Waals surface area contributed by atoms with Gasteiger partial charge in [0.25, 0.3) is 11.5 Å². The van der Waals surface area contributed by atoms with Crippen LogP contribution < -0.4 is 10.9 Å². The van der Waals surface area contributed by atoms with Crippen molar-refractivity contribution >= 4 is 45.7 Å². The summed E-state index contributed by atoms with van der Waals surface area (Å²) < 4.78 is 1.66. The fraction of sp³-hybridized carbons (Fsp3) is 0.0435. The van der Waals surface area contributed by atoms with Gasteiger partial charge in [0.1, 0.15) is 5.82 Å². The molecule has 152 valence electrons. The van der Waals surface area contributed by atoms with Crippen LogP contribution in [0.2, 0.25) is 0 Å². The lowest BCUT2D eigenvalue weighted by Gasteiger charge is -2.08. The molecule has 0 atom stereocenters. The number of hydrogen-bond donors (Lipinski definition) is 3. The Balaban J connectivity index is 1.45. The average Bonchev–Trinajstić information content (AvgIpc) is 3.22. The number of nitrogens with zero attached hydrogens (tertiary/aromatic N) is 2. The van der Waals surface area contributed by atoms with Gasteiger partial charge in [-0.15, -0.1) is 0 Å². The van der Waals surface area contributed by atoms with Gasteiger partial charge in [-0.2, -0.15) is 0 Å². The van der Waals surface area contributed by atoms with E-state index in [1.807, 2.05) is 48.5 Å². The molecule has 5 aromatic rings. The molecule has 0 unspecified atom stereocenters. The minimum absolute atomic E-state index is 0.204. The third-order valence-electron chi connectivity index (χ3n) is 5.15. The summed E-state index contributed by atoms with van der Waals surface area (Å²) in [6.45, 7) is 0. The molecule has 0 radical (unpaired) electrons. The first kappa shape index (κ1) is 19.0. The fourth-order valence-corrected chi connectivity index (χ4v) is 3.68. The number of fused-ring (bicyclic) bond motifs is 2. The molecule has 2 heterocycles. The first-order chi connectivity index (χ1) is 15.0. The van der Waals surface area contributed by atoms with E-state index in [0.717, 1.165) is 22.4 Å². The number of H-pyrrole nitrogens is 2. The van der Waals surface area contributed by atoms with E-state index >= 15 is 0 Å². The summed E-state index contributed by atoms with van der Waals surface area (Å²) in [4.78, 5) is 36.0. The summed E-state index contributed by atoms with van der Waals surface area (Å²) in [5, 5.41) is 3.38. The molecular weight excluding hydrogens is 410 g/mol. The van der Waals surface area contributed by atoms with Crippen molar-refractivity contribution in [3.63, 3.8) is 0 Å². The maximum Gasteiger partial charge on any atom is 0.261 e. The number of amides is 1. The second-order valence-corrected chi connectivity index (χ2v) is 7.58. The van der Waals surface area contributed by atoms with Crippen LogP contribution in [0.5, 0.6) is 0 Å². The molecule has 0 aliphatic heterocycles. The van der Waals surface area contributed by atoms with Crippen LogP contribution in [0.1, 0.15) is 10.4 Å². The van der Waals surface area contributed by atoms with Gasteiger partial charge in [-0.25, -0.2) is 4.98 Å². The zero-order valence-corrected chi connectivity index (χ0v) is 17.3. The molecule has 31 heavy (non-hydrogen) atoms. The van der Waals surface area contributed by atoms with E-state index in [1.165, 1.54) is 4.57 Å². The standard InChI is InChI=1S/C23H17N5O2S/c1-28-22(30)16-10-9-14(12-19(16)27-23(28)31)21(29)24-15-6-4-5-13(11-15)20-25-17-7-2-3-8-18(17)26-20/h2-12H,1H3,(H,24,29)(H,25,26)(H,27,31). The number of nitrogens with one attached hydrogen (secondary N) is 3. The smallest absolute Gasteiger partial charge is 0.261 e. The molecule has 0 saturated heterocycles. The second-order valence-electron chi connectivity index (χ2n) is 7.19. The number of aromatic amines is 2. The average molecular weight is 427 g/mol. The number of rotatable bonds is 3. The van der Waals surface area contributed by atoms with Crippen LogP contribution in [0.4, 0.5) is 5.69 Å². The Kier molecular flexibility index (Phi) is 4.48. The zero-order valence-electron chi connectivity index (χ0n) is 16.5. The third kappa shape index (κ3) is 3.43. The molecule has 7 nitrogen and oxygen atoms in total. The van der Waals surface area contributed by atoms with E-state index in [-0.39, 0.29) is 11.5 Å². The first-order valence-electron chi connectivity index (χ1n) is 9.59. The lowest BCUT2D eigenvalue weighted by molar-refractivity contribution is 0.102.